The van der Waals surface area contributed by atoms with Crippen molar-refractivity contribution in [1.29, 1.82) is 0 Å². The molecule has 0 saturated carbocycles. The lowest BCUT2D eigenvalue weighted by Gasteiger charge is -2.15. The molecule has 1 unspecified atom stereocenters. The number of methoxy groups -OCH3 is 1. The molecule has 1 atom stereocenters. The highest BCUT2D eigenvalue weighted by atomic mass is 16.5. The van der Waals surface area contributed by atoms with Gasteiger partial charge in [-0.15, -0.1) is 6.58 Å². The maximum Gasteiger partial charge on any atom is 0.122 e. The van der Waals surface area contributed by atoms with Crippen molar-refractivity contribution in [3.05, 3.63) is 66.7 Å². The van der Waals surface area contributed by atoms with Gasteiger partial charge in [-0.05, 0) is 42.3 Å². The van der Waals surface area contributed by atoms with Crippen LogP contribution in [0.1, 0.15) is 5.56 Å². The zero-order chi connectivity index (χ0) is 18.6. The molecule has 2 aromatic rings. The summed E-state index contributed by atoms with van der Waals surface area (Å²) >= 11 is 0. The maximum absolute atomic E-state index is 10.0. The molecule has 0 radical (unpaired) electrons. The number of hydrogen-bond donors (Lipinski definition) is 2. The van der Waals surface area contributed by atoms with Crippen LogP contribution in [0.4, 0.5) is 0 Å². The van der Waals surface area contributed by atoms with Gasteiger partial charge in [-0.25, -0.2) is 0 Å². The van der Waals surface area contributed by atoms with Crippen molar-refractivity contribution in [2.45, 2.75) is 12.5 Å². The van der Waals surface area contributed by atoms with E-state index in [0.717, 1.165) is 29.2 Å². The van der Waals surface area contributed by atoms with E-state index >= 15 is 0 Å². The lowest BCUT2D eigenvalue weighted by molar-refractivity contribution is 0.105. The van der Waals surface area contributed by atoms with Gasteiger partial charge in [-0.1, -0.05) is 24.3 Å². The van der Waals surface area contributed by atoms with Crippen LogP contribution in [0.3, 0.4) is 0 Å². The van der Waals surface area contributed by atoms with Crippen molar-refractivity contribution in [3.8, 4) is 17.2 Å². The summed E-state index contributed by atoms with van der Waals surface area (Å²) in [7, 11) is 1.63. The van der Waals surface area contributed by atoms with Crippen molar-refractivity contribution in [3.63, 3.8) is 0 Å². The van der Waals surface area contributed by atoms with Gasteiger partial charge in [-0.3, -0.25) is 0 Å². The molecule has 0 fully saturated rings. The van der Waals surface area contributed by atoms with Crippen molar-refractivity contribution in [2.75, 3.05) is 33.4 Å². The number of ether oxygens (including phenoxy) is 3. The molecule has 26 heavy (non-hydrogen) atoms. The van der Waals surface area contributed by atoms with Gasteiger partial charge in [0.15, 0.2) is 0 Å². The third kappa shape index (κ3) is 6.78. The van der Waals surface area contributed by atoms with Gasteiger partial charge in [0.25, 0.3) is 0 Å². The van der Waals surface area contributed by atoms with Crippen LogP contribution in [0, 0.1) is 0 Å². The summed E-state index contributed by atoms with van der Waals surface area (Å²) in [4.78, 5) is 0. The molecular weight excluding hydrogens is 330 g/mol. The third-order valence-corrected chi connectivity index (χ3v) is 3.76. The molecule has 2 aromatic carbocycles. The molecule has 2 N–H and O–H groups in total. The zero-order valence-corrected chi connectivity index (χ0v) is 15.2. The predicted octanol–water partition coefficient (Wildman–Crippen LogP) is 2.83. The summed E-state index contributed by atoms with van der Waals surface area (Å²) in [5.74, 6) is 2.37. The molecule has 0 amide bonds. The lowest BCUT2D eigenvalue weighted by Crippen LogP contribution is -2.33. The average Bonchev–Trinajstić information content (AvgIpc) is 2.68. The van der Waals surface area contributed by atoms with Gasteiger partial charge in [0.05, 0.1) is 7.11 Å². The standard InChI is InChI=1S/C21H27NO4/c1-3-6-17-7-4-5-8-21(17)26-16-18(23)15-22-13-14-25-20-11-9-19(24-2)10-12-20/h3-5,7-12,18,22-23H,1,6,13-16H2,2H3. The molecule has 0 aliphatic rings. The summed E-state index contributed by atoms with van der Waals surface area (Å²) in [5, 5.41) is 13.2. The van der Waals surface area contributed by atoms with Crippen molar-refractivity contribution < 1.29 is 19.3 Å². The number of allylic oxidation sites excluding steroid dienone is 1. The predicted molar refractivity (Wildman–Crippen MR) is 103 cm³/mol. The van der Waals surface area contributed by atoms with Crippen molar-refractivity contribution >= 4 is 0 Å². The molecule has 0 aromatic heterocycles. The van der Waals surface area contributed by atoms with E-state index in [4.69, 9.17) is 14.2 Å². The van der Waals surface area contributed by atoms with E-state index in [1.54, 1.807) is 7.11 Å². The van der Waals surface area contributed by atoms with E-state index in [0.29, 0.717) is 19.7 Å². The second-order valence-corrected chi connectivity index (χ2v) is 5.79. The largest absolute Gasteiger partial charge is 0.497 e. The second kappa shape index (κ2) is 11.2. The molecular formula is C21H27NO4. The Morgan fingerprint density at radius 2 is 1.81 bits per heavy atom. The van der Waals surface area contributed by atoms with E-state index in [-0.39, 0.29) is 6.61 Å². The van der Waals surface area contributed by atoms with E-state index in [1.807, 2.05) is 54.6 Å². The molecule has 5 heteroatoms. The molecule has 0 bridgehead atoms. The molecule has 0 saturated heterocycles. The van der Waals surface area contributed by atoms with Gasteiger partial charge >= 0.3 is 0 Å². The Morgan fingerprint density at radius 1 is 1.08 bits per heavy atom. The van der Waals surface area contributed by atoms with Gasteiger partial charge in [0.2, 0.25) is 0 Å². The number of rotatable bonds is 12. The van der Waals surface area contributed by atoms with Crippen LogP contribution in [-0.4, -0.2) is 44.6 Å². The number of para-hydroxylation sites is 1. The normalized spacial score (nSPS) is 11.6. The Labute approximate surface area is 155 Å². The zero-order valence-electron chi connectivity index (χ0n) is 15.2. The van der Waals surface area contributed by atoms with Crippen LogP contribution >= 0.6 is 0 Å². The van der Waals surface area contributed by atoms with Crippen LogP contribution < -0.4 is 19.5 Å². The molecule has 0 heterocycles. The fourth-order valence-corrected chi connectivity index (χ4v) is 2.40. The Hall–Kier alpha value is -2.50. The van der Waals surface area contributed by atoms with Crippen LogP contribution in [0.2, 0.25) is 0 Å². The molecule has 0 aliphatic carbocycles. The molecule has 5 nitrogen and oxygen atoms in total. The molecule has 0 aliphatic heterocycles. The van der Waals surface area contributed by atoms with Gasteiger partial charge < -0.3 is 24.6 Å². The monoisotopic (exact) mass is 357 g/mol. The number of aliphatic hydroxyl groups excluding tert-OH is 1. The molecule has 0 spiro atoms. The molecule has 2 rings (SSSR count). The summed E-state index contributed by atoms with van der Waals surface area (Å²) in [6.45, 7) is 5.58. The number of hydrogen-bond acceptors (Lipinski definition) is 5. The first-order valence-electron chi connectivity index (χ1n) is 8.70. The van der Waals surface area contributed by atoms with E-state index in [2.05, 4.69) is 11.9 Å². The SMILES string of the molecule is C=CCc1ccccc1OCC(O)CNCCOc1ccc(OC)cc1. The Morgan fingerprint density at radius 3 is 2.54 bits per heavy atom. The fraction of sp³-hybridized carbons (Fsp3) is 0.333. The molecule has 140 valence electrons. The van der Waals surface area contributed by atoms with Crippen LogP contribution in [-0.2, 0) is 6.42 Å². The van der Waals surface area contributed by atoms with Crippen molar-refractivity contribution in [1.82, 2.24) is 5.32 Å². The average molecular weight is 357 g/mol. The van der Waals surface area contributed by atoms with Crippen molar-refractivity contribution in [2.24, 2.45) is 0 Å². The number of nitrogens with one attached hydrogen (secondary N) is 1. The Bertz CT molecular complexity index is 657. The highest BCUT2D eigenvalue weighted by molar-refractivity contribution is 5.34. The van der Waals surface area contributed by atoms with Gasteiger partial charge in [0, 0.05) is 13.1 Å². The first kappa shape index (κ1) is 19.8. The first-order chi connectivity index (χ1) is 12.7. The van der Waals surface area contributed by atoms with E-state index < -0.39 is 6.10 Å². The minimum absolute atomic E-state index is 0.237. The third-order valence-electron chi connectivity index (χ3n) is 3.76. The highest BCUT2D eigenvalue weighted by Crippen LogP contribution is 2.19. The summed E-state index contributed by atoms with van der Waals surface area (Å²) < 4.78 is 16.4. The lowest BCUT2D eigenvalue weighted by atomic mass is 10.1. The minimum atomic E-state index is -0.590. The van der Waals surface area contributed by atoms with Gasteiger partial charge in [0.1, 0.15) is 36.6 Å². The topological polar surface area (TPSA) is 60.0 Å². The Kier molecular flexibility index (Phi) is 8.52. The smallest absolute Gasteiger partial charge is 0.122 e. The van der Waals surface area contributed by atoms with E-state index in [9.17, 15) is 5.11 Å². The summed E-state index contributed by atoms with van der Waals surface area (Å²) in [6.07, 6.45) is 1.99. The summed E-state index contributed by atoms with van der Waals surface area (Å²) in [6, 6.07) is 15.2. The fourth-order valence-electron chi connectivity index (χ4n) is 2.40. The second-order valence-electron chi connectivity index (χ2n) is 5.79. The van der Waals surface area contributed by atoms with Crippen LogP contribution in [0.25, 0.3) is 0 Å². The maximum atomic E-state index is 10.0. The van der Waals surface area contributed by atoms with E-state index in [1.165, 1.54) is 0 Å². The highest BCUT2D eigenvalue weighted by Gasteiger charge is 2.07. The first-order valence-corrected chi connectivity index (χ1v) is 8.70. The van der Waals surface area contributed by atoms with Crippen LogP contribution in [0.15, 0.2) is 61.2 Å². The van der Waals surface area contributed by atoms with Crippen LogP contribution in [0.5, 0.6) is 17.2 Å². The number of aliphatic hydroxyl groups is 1. The van der Waals surface area contributed by atoms with Gasteiger partial charge in [-0.2, -0.15) is 0 Å². The summed E-state index contributed by atoms with van der Waals surface area (Å²) in [5.41, 5.74) is 1.07. The Balaban J connectivity index is 1.61. The quantitative estimate of drug-likeness (QED) is 0.452. The minimum Gasteiger partial charge on any atom is -0.497 e. The number of benzene rings is 2.